The predicted octanol–water partition coefficient (Wildman–Crippen LogP) is 4.79. The summed E-state index contributed by atoms with van der Waals surface area (Å²) in [5, 5.41) is 2.91. The number of thioether (sulfide) groups is 1. The number of hydrogen-bond acceptors (Lipinski definition) is 3. The van der Waals surface area contributed by atoms with Gasteiger partial charge in [0.1, 0.15) is 6.04 Å². The molecule has 4 nitrogen and oxygen atoms in total. The molecule has 28 heavy (non-hydrogen) atoms. The number of nitrogens with zero attached hydrogens (tertiary/aromatic N) is 1. The van der Waals surface area contributed by atoms with E-state index in [1.54, 1.807) is 11.8 Å². The smallest absolute Gasteiger partial charge is 0.242 e. The van der Waals surface area contributed by atoms with E-state index in [-0.39, 0.29) is 23.6 Å². The van der Waals surface area contributed by atoms with Crippen LogP contribution in [0.15, 0.2) is 57.9 Å². The summed E-state index contributed by atoms with van der Waals surface area (Å²) in [6, 6.07) is 15.4. The zero-order valence-electron chi connectivity index (χ0n) is 16.7. The van der Waals surface area contributed by atoms with E-state index < -0.39 is 6.04 Å². The SMILES string of the molecule is Cc1ccc(SCC(=O)N(Cc2cccc(Br)c2)[C@@H](C)C(=O)NC(C)C)cc1. The fourth-order valence-corrected chi connectivity index (χ4v) is 3.91. The van der Waals surface area contributed by atoms with E-state index in [0.29, 0.717) is 6.54 Å². The van der Waals surface area contributed by atoms with Crippen molar-refractivity contribution in [2.45, 2.75) is 51.2 Å². The first kappa shape index (κ1) is 22.5. The monoisotopic (exact) mass is 462 g/mol. The van der Waals surface area contributed by atoms with Crippen LogP contribution in [0.25, 0.3) is 0 Å². The van der Waals surface area contributed by atoms with Crippen molar-refractivity contribution in [2.75, 3.05) is 5.75 Å². The van der Waals surface area contributed by atoms with E-state index >= 15 is 0 Å². The molecular weight excluding hydrogens is 436 g/mol. The van der Waals surface area contributed by atoms with Gasteiger partial charge in [0.2, 0.25) is 11.8 Å². The molecule has 2 aromatic rings. The molecule has 0 heterocycles. The Hall–Kier alpha value is -1.79. The predicted molar refractivity (Wildman–Crippen MR) is 119 cm³/mol. The Bertz CT molecular complexity index is 808. The standard InChI is InChI=1S/C22H27BrN2O2S/c1-15(2)24-22(27)17(4)25(13-18-6-5-7-19(23)12-18)21(26)14-28-20-10-8-16(3)9-11-20/h5-12,15,17H,13-14H2,1-4H3,(H,24,27)/t17-/m0/s1. The van der Waals surface area contributed by atoms with Crippen LogP contribution < -0.4 is 5.32 Å². The van der Waals surface area contributed by atoms with Crippen LogP contribution in [-0.4, -0.2) is 34.6 Å². The first-order valence-electron chi connectivity index (χ1n) is 9.30. The highest BCUT2D eigenvalue weighted by Gasteiger charge is 2.26. The Labute approximate surface area is 180 Å². The molecule has 0 saturated carbocycles. The van der Waals surface area contributed by atoms with Crippen molar-refractivity contribution in [1.82, 2.24) is 10.2 Å². The summed E-state index contributed by atoms with van der Waals surface area (Å²) in [6.07, 6.45) is 0. The van der Waals surface area contributed by atoms with E-state index in [0.717, 1.165) is 14.9 Å². The molecule has 0 fully saturated rings. The van der Waals surface area contributed by atoms with Gasteiger partial charge in [-0.25, -0.2) is 0 Å². The Morgan fingerprint density at radius 3 is 2.39 bits per heavy atom. The number of amides is 2. The maximum absolute atomic E-state index is 13.0. The summed E-state index contributed by atoms with van der Waals surface area (Å²) in [6.45, 7) is 8.04. The lowest BCUT2D eigenvalue weighted by atomic mass is 10.1. The fraction of sp³-hybridized carbons (Fsp3) is 0.364. The lowest BCUT2D eigenvalue weighted by Crippen LogP contribution is -2.49. The van der Waals surface area contributed by atoms with Gasteiger partial charge in [-0.1, -0.05) is 45.8 Å². The molecule has 2 amide bonds. The van der Waals surface area contributed by atoms with Crippen LogP contribution in [0.5, 0.6) is 0 Å². The van der Waals surface area contributed by atoms with E-state index in [4.69, 9.17) is 0 Å². The van der Waals surface area contributed by atoms with Crippen molar-refractivity contribution in [3.8, 4) is 0 Å². The lowest BCUT2D eigenvalue weighted by molar-refractivity contribution is -0.138. The van der Waals surface area contributed by atoms with Gasteiger partial charge in [0, 0.05) is 22.0 Å². The first-order chi connectivity index (χ1) is 13.3. The molecule has 0 saturated heterocycles. The maximum atomic E-state index is 13.0. The third kappa shape index (κ3) is 6.99. The average Bonchev–Trinajstić information content (AvgIpc) is 2.64. The van der Waals surface area contributed by atoms with Gasteiger partial charge in [-0.3, -0.25) is 9.59 Å². The number of rotatable bonds is 8. The van der Waals surface area contributed by atoms with Crippen LogP contribution in [0.3, 0.4) is 0 Å². The molecule has 0 spiro atoms. The highest BCUT2D eigenvalue weighted by Crippen LogP contribution is 2.21. The molecule has 2 aromatic carbocycles. The van der Waals surface area contributed by atoms with Crippen molar-refractivity contribution < 1.29 is 9.59 Å². The summed E-state index contributed by atoms with van der Waals surface area (Å²) in [5.41, 5.74) is 2.16. The number of benzene rings is 2. The van der Waals surface area contributed by atoms with Crippen molar-refractivity contribution in [3.63, 3.8) is 0 Å². The molecule has 1 N–H and O–H groups in total. The minimum absolute atomic E-state index is 0.0275. The van der Waals surface area contributed by atoms with Gasteiger partial charge in [0.25, 0.3) is 0 Å². The highest BCUT2D eigenvalue weighted by atomic mass is 79.9. The number of hydrogen-bond donors (Lipinski definition) is 1. The Kier molecular flexibility index (Phi) is 8.58. The number of halogens is 1. The highest BCUT2D eigenvalue weighted by molar-refractivity contribution is 9.10. The van der Waals surface area contributed by atoms with E-state index in [1.165, 1.54) is 17.3 Å². The van der Waals surface area contributed by atoms with Crippen LogP contribution in [0.2, 0.25) is 0 Å². The van der Waals surface area contributed by atoms with Gasteiger partial charge < -0.3 is 10.2 Å². The molecule has 150 valence electrons. The number of aryl methyl sites for hydroxylation is 1. The summed E-state index contributed by atoms with van der Waals surface area (Å²) >= 11 is 4.96. The second kappa shape index (κ2) is 10.7. The third-order valence-electron chi connectivity index (χ3n) is 4.22. The topological polar surface area (TPSA) is 49.4 Å². The van der Waals surface area contributed by atoms with Gasteiger partial charge in [0.05, 0.1) is 5.75 Å². The van der Waals surface area contributed by atoms with Crippen LogP contribution in [0.4, 0.5) is 0 Å². The summed E-state index contributed by atoms with van der Waals surface area (Å²) in [5.74, 6) is 0.0896. The largest absolute Gasteiger partial charge is 0.352 e. The van der Waals surface area contributed by atoms with Crippen LogP contribution in [-0.2, 0) is 16.1 Å². The van der Waals surface area contributed by atoms with Crippen molar-refractivity contribution in [2.24, 2.45) is 0 Å². The van der Waals surface area contributed by atoms with Gasteiger partial charge in [-0.15, -0.1) is 11.8 Å². The average molecular weight is 463 g/mol. The minimum Gasteiger partial charge on any atom is -0.352 e. The zero-order valence-corrected chi connectivity index (χ0v) is 19.1. The number of carbonyl (C=O) groups is 2. The second-order valence-electron chi connectivity index (χ2n) is 7.09. The molecular formula is C22H27BrN2O2S. The van der Waals surface area contributed by atoms with Crippen molar-refractivity contribution in [1.29, 1.82) is 0 Å². The summed E-state index contributed by atoms with van der Waals surface area (Å²) < 4.78 is 0.950. The summed E-state index contributed by atoms with van der Waals surface area (Å²) in [4.78, 5) is 28.3. The molecule has 0 aromatic heterocycles. The Morgan fingerprint density at radius 1 is 1.11 bits per heavy atom. The molecule has 1 atom stereocenters. The molecule has 0 radical (unpaired) electrons. The number of nitrogens with one attached hydrogen (secondary N) is 1. The quantitative estimate of drug-likeness (QED) is 0.573. The second-order valence-corrected chi connectivity index (χ2v) is 9.06. The fourth-order valence-electron chi connectivity index (χ4n) is 2.68. The van der Waals surface area contributed by atoms with Gasteiger partial charge in [-0.05, 0) is 57.5 Å². The normalized spacial score (nSPS) is 11.9. The Balaban J connectivity index is 2.14. The number of carbonyl (C=O) groups excluding carboxylic acids is 2. The molecule has 0 aliphatic carbocycles. The van der Waals surface area contributed by atoms with E-state index in [2.05, 4.69) is 21.2 Å². The molecule has 6 heteroatoms. The molecule has 0 aliphatic heterocycles. The van der Waals surface area contributed by atoms with Crippen LogP contribution in [0.1, 0.15) is 31.9 Å². The van der Waals surface area contributed by atoms with Crippen molar-refractivity contribution in [3.05, 3.63) is 64.1 Å². The molecule has 0 aliphatic rings. The summed E-state index contributed by atoms with van der Waals surface area (Å²) in [7, 11) is 0. The van der Waals surface area contributed by atoms with Gasteiger partial charge >= 0.3 is 0 Å². The first-order valence-corrected chi connectivity index (χ1v) is 11.1. The van der Waals surface area contributed by atoms with Crippen molar-refractivity contribution >= 4 is 39.5 Å². The lowest BCUT2D eigenvalue weighted by Gasteiger charge is -2.29. The third-order valence-corrected chi connectivity index (χ3v) is 5.71. The molecule has 2 rings (SSSR count). The molecule has 0 bridgehead atoms. The van der Waals surface area contributed by atoms with Gasteiger partial charge in [0.15, 0.2) is 0 Å². The van der Waals surface area contributed by atoms with Gasteiger partial charge in [-0.2, -0.15) is 0 Å². The minimum atomic E-state index is -0.549. The molecule has 0 unspecified atom stereocenters. The Morgan fingerprint density at radius 2 is 1.79 bits per heavy atom. The van der Waals surface area contributed by atoms with E-state index in [1.807, 2.05) is 69.3 Å². The van der Waals surface area contributed by atoms with Crippen LogP contribution >= 0.6 is 27.7 Å². The zero-order chi connectivity index (χ0) is 20.7. The maximum Gasteiger partial charge on any atom is 0.242 e. The van der Waals surface area contributed by atoms with Crippen LogP contribution in [0, 0.1) is 6.92 Å². The van der Waals surface area contributed by atoms with E-state index in [9.17, 15) is 9.59 Å².